The lowest BCUT2D eigenvalue weighted by Crippen LogP contribution is -2.50. The number of hydrogen-bond acceptors (Lipinski definition) is 6. The molecule has 0 spiro atoms. The zero-order valence-corrected chi connectivity index (χ0v) is 25.8. The summed E-state index contributed by atoms with van der Waals surface area (Å²) in [5.74, 6) is -1.69. The molecular formula is C32H56NO7+. The number of hydrogen-bond donors (Lipinski definition) is 1. The molecule has 230 valence electrons. The number of carbonyl (C=O) groups excluding carboxylic acids is 2. The minimum Gasteiger partial charge on any atom is -0.477 e. The Labute approximate surface area is 243 Å². The van der Waals surface area contributed by atoms with E-state index in [1.807, 2.05) is 21.1 Å². The van der Waals surface area contributed by atoms with Gasteiger partial charge < -0.3 is 23.8 Å². The third kappa shape index (κ3) is 23.4. The van der Waals surface area contributed by atoms with Crippen molar-refractivity contribution in [2.24, 2.45) is 0 Å². The third-order valence-corrected chi connectivity index (χ3v) is 6.36. The van der Waals surface area contributed by atoms with Crippen LogP contribution in [0.2, 0.25) is 0 Å². The molecule has 8 heteroatoms. The van der Waals surface area contributed by atoms with E-state index in [1.165, 1.54) is 32.6 Å². The molecular weight excluding hydrogens is 510 g/mol. The Kier molecular flexibility index (Phi) is 22.9. The Morgan fingerprint density at radius 3 is 1.95 bits per heavy atom. The summed E-state index contributed by atoms with van der Waals surface area (Å²) in [5.41, 5.74) is 0. The van der Waals surface area contributed by atoms with Crippen LogP contribution in [-0.2, 0) is 28.6 Å². The molecule has 0 amide bonds. The van der Waals surface area contributed by atoms with Gasteiger partial charge in [-0.1, -0.05) is 75.5 Å². The molecule has 2 unspecified atom stereocenters. The van der Waals surface area contributed by atoms with Crippen LogP contribution in [0.3, 0.4) is 0 Å². The first-order chi connectivity index (χ1) is 19.1. The summed E-state index contributed by atoms with van der Waals surface area (Å²) in [6.07, 6.45) is 25.1. The number of aliphatic carboxylic acids is 1. The maximum atomic E-state index is 12.3. The molecule has 0 bridgehead atoms. The summed E-state index contributed by atoms with van der Waals surface area (Å²) < 4.78 is 16.4. The first-order valence-electron chi connectivity index (χ1n) is 15.0. The van der Waals surface area contributed by atoms with Crippen LogP contribution < -0.4 is 0 Å². The predicted octanol–water partition coefficient (Wildman–Crippen LogP) is 6.40. The van der Waals surface area contributed by atoms with Crippen LogP contribution in [-0.4, -0.2) is 80.6 Å². The average Bonchev–Trinajstić information content (AvgIpc) is 2.87. The molecule has 2 atom stereocenters. The highest BCUT2D eigenvalue weighted by Crippen LogP contribution is 2.12. The number of carbonyl (C=O) groups is 3. The monoisotopic (exact) mass is 566 g/mol. The summed E-state index contributed by atoms with van der Waals surface area (Å²) in [4.78, 5) is 35.0. The van der Waals surface area contributed by atoms with Crippen molar-refractivity contribution in [3.8, 4) is 0 Å². The van der Waals surface area contributed by atoms with Crippen molar-refractivity contribution in [3.63, 3.8) is 0 Å². The number of esters is 2. The average molecular weight is 567 g/mol. The first-order valence-corrected chi connectivity index (χ1v) is 15.0. The number of ether oxygens (including phenoxy) is 3. The van der Waals surface area contributed by atoms with Gasteiger partial charge >= 0.3 is 17.9 Å². The van der Waals surface area contributed by atoms with Crippen molar-refractivity contribution in [1.82, 2.24) is 0 Å². The smallest absolute Gasteiger partial charge is 0.362 e. The highest BCUT2D eigenvalue weighted by molar-refractivity contribution is 5.72. The van der Waals surface area contributed by atoms with Crippen LogP contribution in [0.1, 0.15) is 97.3 Å². The molecule has 0 radical (unpaired) electrons. The molecule has 0 aliphatic carbocycles. The number of carboxylic acid groups (broad SMARTS) is 1. The van der Waals surface area contributed by atoms with Gasteiger partial charge in [0.1, 0.15) is 6.61 Å². The van der Waals surface area contributed by atoms with E-state index in [9.17, 15) is 19.5 Å². The lowest BCUT2D eigenvalue weighted by atomic mass is 10.1. The van der Waals surface area contributed by atoms with Crippen LogP contribution in [0.15, 0.2) is 36.5 Å². The van der Waals surface area contributed by atoms with E-state index in [1.54, 1.807) is 0 Å². The summed E-state index contributed by atoms with van der Waals surface area (Å²) >= 11 is 0. The van der Waals surface area contributed by atoms with Crippen LogP contribution in [0, 0.1) is 0 Å². The third-order valence-electron chi connectivity index (χ3n) is 6.36. The van der Waals surface area contributed by atoms with E-state index >= 15 is 0 Å². The second-order valence-corrected chi connectivity index (χ2v) is 11.1. The summed E-state index contributed by atoms with van der Waals surface area (Å²) in [5, 5.41) is 9.42. The fourth-order valence-corrected chi connectivity index (χ4v) is 4.07. The molecule has 0 aromatic carbocycles. The second kappa shape index (κ2) is 24.4. The highest BCUT2D eigenvalue weighted by Gasteiger charge is 2.31. The van der Waals surface area contributed by atoms with Gasteiger partial charge in [-0.3, -0.25) is 9.59 Å². The number of nitrogens with zero attached hydrogens (tertiary/aromatic N) is 1. The van der Waals surface area contributed by atoms with Crippen LogP contribution in [0.4, 0.5) is 0 Å². The summed E-state index contributed by atoms with van der Waals surface area (Å²) in [6, 6.07) is -0.609. The molecule has 40 heavy (non-hydrogen) atoms. The molecule has 0 saturated carbocycles. The Morgan fingerprint density at radius 2 is 1.38 bits per heavy atom. The van der Waals surface area contributed by atoms with Crippen LogP contribution >= 0.6 is 0 Å². The van der Waals surface area contributed by atoms with E-state index in [0.29, 0.717) is 12.8 Å². The molecule has 0 saturated heterocycles. The van der Waals surface area contributed by atoms with Gasteiger partial charge in [0.2, 0.25) is 0 Å². The Bertz CT molecular complexity index is 768. The Balaban J connectivity index is 4.01. The van der Waals surface area contributed by atoms with Crippen molar-refractivity contribution < 1.29 is 38.2 Å². The number of likely N-dealkylation sites (N-methyl/N-ethyl adjacent to an activating group) is 1. The van der Waals surface area contributed by atoms with Crippen molar-refractivity contribution in [2.45, 2.75) is 109 Å². The first kappa shape index (κ1) is 37.6. The number of carboxylic acids is 1. The SMILES string of the molecule is CC/C=C\C/C=C\C/C=C\CCCCCCCCCC(=O)OC(COCCC(C(=O)O)[N+](C)(C)C)COC(C)=O. The normalized spacial score (nSPS) is 13.7. The van der Waals surface area contributed by atoms with Gasteiger partial charge in [0.05, 0.1) is 34.4 Å². The molecule has 0 rings (SSSR count). The van der Waals surface area contributed by atoms with Gasteiger partial charge in [-0.15, -0.1) is 0 Å². The van der Waals surface area contributed by atoms with E-state index in [-0.39, 0.29) is 30.3 Å². The Morgan fingerprint density at radius 1 is 0.800 bits per heavy atom. The lowest BCUT2D eigenvalue weighted by Gasteiger charge is -2.31. The predicted molar refractivity (Wildman–Crippen MR) is 160 cm³/mol. The van der Waals surface area contributed by atoms with Crippen molar-refractivity contribution in [3.05, 3.63) is 36.5 Å². The fourth-order valence-electron chi connectivity index (χ4n) is 4.07. The quantitative estimate of drug-likeness (QED) is 0.0591. The minimum absolute atomic E-state index is 0.0467. The van der Waals surface area contributed by atoms with E-state index < -0.39 is 24.1 Å². The maximum Gasteiger partial charge on any atom is 0.362 e. The minimum atomic E-state index is -0.888. The number of rotatable bonds is 25. The van der Waals surface area contributed by atoms with Crippen molar-refractivity contribution in [2.75, 3.05) is 41.0 Å². The van der Waals surface area contributed by atoms with Gasteiger partial charge in [0.25, 0.3) is 0 Å². The van der Waals surface area contributed by atoms with Crippen LogP contribution in [0.25, 0.3) is 0 Å². The molecule has 0 aliphatic rings. The van der Waals surface area contributed by atoms with Gasteiger partial charge in [0.15, 0.2) is 12.1 Å². The fraction of sp³-hybridized carbons (Fsp3) is 0.719. The van der Waals surface area contributed by atoms with E-state index in [4.69, 9.17) is 14.2 Å². The standard InChI is InChI=1S/C32H55NO7/c1-6-7-8-9-10-11-12-13-14-15-16-17-18-19-20-21-22-23-31(35)40-29(27-39-28(2)34)26-38-25-24-30(32(36)37)33(3,4)5/h7-8,10-11,13-14,29-30H,6,9,12,15-27H2,1-5H3/p+1/b8-7-,11-10-,14-13-. The van der Waals surface area contributed by atoms with Gasteiger partial charge in [0, 0.05) is 19.8 Å². The summed E-state index contributed by atoms with van der Waals surface area (Å²) in [7, 11) is 5.45. The molecule has 0 fully saturated rings. The van der Waals surface area contributed by atoms with Crippen LogP contribution in [0.5, 0.6) is 0 Å². The topological polar surface area (TPSA) is 99.1 Å². The van der Waals surface area contributed by atoms with Gasteiger partial charge in [-0.2, -0.15) is 0 Å². The molecule has 1 N–H and O–H groups in total. The van der Waals surface area contributed by atoms with E-state index in [0.717, 1.165) is 44.9 Å². The zero-order valence-electron chi connectivity index (χ0n) is 25.8. The molecule has 0 aliphatic heterocycles. The van der Waals surface area contributed by atoms with Gasteiger partial charge in [-0.05, 0) is 38.5 Å². The number of unbranched alkanes of at least 4 members (excludes halogenated alkanes) is 7. The zero-order chi connectivity index (χ0) is 30.1. The van der Waals surface area contributed by atoms with Gasteiger partial charge in [-0.25, -0.2) is 4.79 Å². The highest BCUT2D eigenvalue weighted by atomic mass is 16.6. The van der Waals surface area contributed by atoms with E-state index in [2.05, 4.69) is 43.4 Å². The number of quaternary nitrogens is 1. The molecule has 8 nitrogen and oxygen atoms in total. The lowest BCUT2D eigenvalue weighted by molar-refractivity contribution is -0.887. The molecule has 0 aromatic heterocycles. The van der Waals surface area contributed by atoms with Crippen molar-refractivity contribution >= 4 is 17.9 Å². The molecule has 0 heterocycles. The Hall–Kier alpha value is -2.45. The second-order valence-electron chi connectivity index (χ2n) is 11.1. The maximum absolute atomic E-state index is 12.3. The number of allylic oxidation sites excluding steroid dienone is 6. The molecule has 0 aromatic rings. The largest absolute Gasteiger partial charge is 0.477 e. The van der Waals surface area contributed by atoms with Crippen molar-refractivity contribution in [1.29, 1.82) is 0 Å². The summed E-state index contributed by atoms with van der Waals surface area (Å²) in [6.45, 7) is 3.60.